The van der Waals surface area contributed by atoms with E-state index in [2.05, 4.69) is 5.32 Å². The van der Waals surface area contributed by atoms with Gasteiger partial charge in [0, 0.05) is 22.8 Å². The van der Waals surface area contributed by atoms with Crippen molar-refractivity contribution in [3.8, 4) is 11.5 Å². The van der Waals surface area contributed by atoms with E-state index in [9.17, 15) is 13.5 Å². The van der Waals surface area contributed by atoms with Crippen LogP contribution in [0, 0.1) is 0 Å². The number of methoxy groups -OCH3 is 1. The van der Waals surface area contributed by atoms with Crippen molar-refractivity contribution in [2.24, 2.45) is 0 Å². The molecule has 0 aliphatic carbocycles. The molecule has 0 aliphatic rings. The summed E-state index contributed by atoms with van der Waals surface area (Å²) >= 11 is 0. The molecule has 0 bridgehead atoms. The van der Waals surface area contributed by atoms with E-state index in [1.807, 2.05) is 24.3 Å². The van der Waals surface area contributed by atoms with Gasteiger partial charge in [-0.3, -0.25) is 4.55 Å². The number of hydrogen-bond donors (Lipinski definition) is 3. The molecule has 24 heavy (non-hydrogen) atoms. The molecule has 124 valence electrons. The Labute approximate surface area is 139 Å². The zero-order valence-corrected chi connectivity index (χ0v) is 13.5. The smallest absolute Gasteiger partial charge is 0.294 e. The first-order chi connectivity index (χ1) is 11.4. The van der Waals surface area contributed by atoms with Crippen molar-refractivity contribution in [1.29, 1.82) is 0 Å². The Morgan fingerprint density at radius 1 is 0.958 bits per heavy atom. The van der Waals surface area contributed by atoms with Gasteiger partial charge in [-0.15, -0.1) is 0 Å². The number of phenolic OH excluding ortho intramolecular Hbond substituents is 1. The van der Waals surface area contributed by atoms with Crippen LogP contribution in [-0.2, 0) is 10.1 Å². The fraction of sp³-hybridized carbons (Fsp3) is 0.0588. The summed E-state index contributed by atoms with van der Waals surface area (Å²) in [6, 6.07) is 14.8. The van der Waals surface area contributed by atoms with Crippen LogP contribution in [0.2, 0.25) is 0 Å². The van der Waals surface area contributed by atoms with Gasteiger partial charge in [0.25, 0.3) is 10.1 Å². The number of phenols is 1. The number of rotatable bonds is 4. The fourth-order valence-electron chi connectivity index (χ4n) is 2.38. The van der Waals surface area contributed by atoms with Gasteiger partial charge in [-0.05, 0) is 47.9 Å². The summed E-state index contributed by atoms with van der Waals surface area (Å²) in [6.07, 6.45) is 0. The summed E-state index contributed by atoms with van der Waals surface area (Å²) in [5.74, 6) is 0.521. The predicted octanol–water partition coefficient (Wildman–Crippen LogP) is 3.54. The molecule has 0 atom stereocenters. The van der Waals surface area contributed by atoms with E-state index in [0.29, 0.717) is 10.8 Å². The lowest BCUT2D eigenvalue weighted by atomic mass is 10.1. The van der Waals surface area contributed by atoms with Gasteiger partial charge in [-0.2, -0.15) is 8.42 Å². The van der Waals surface area contributed by atoms with E-state index in [-0.39, 0.29) is 10.6 Å². The lowest BCUT2D eigenvalue weighted by Crippen LogP contribution is -1.98. The number of aromatic hydroxyl groups is 1. The normalized spacial score (nSPS) is 11.4. The minimum atomic E-state index is -4.37. The molecular weight excluding hydrogens is 330 g/mol. The highest BCUT2D eigenvalue weighted by Crippen LogP contribution is 2.31. The third-order valence-corrected chi connectivity index (χ3v) is 4.41. The van der Waals surface area contributed by atoms with Crippen molar-refractivity contribution in [2.75, 3.05) is 12.4 Å². The van der Waals surface area contributed by atoms with Gasteiger partial charge in [0.1, 0.15) is 11.5 Å². The van der Waals surface area contributed by atoms with Crippen LogP contribution in [0.3, 0.4) is 0 Å². The maximum Gasteiger partial charge on any atom is 0.294 e. The van der Waals surface area contributed by atoms with E-state index >= 15 is 0 Å². The van der Waals surface area contributed by atoms with E-state index in [1.54, 1.807) is 25.3 Å². The second kappa shape index (κ2) is 6.03. The van der Waals surface area contributed by atoms with Crippen LogP contribution < -0.4 is 10.1 Å². The summed E-state index contributed by atoms with van der Waals surface area (Å²) in [7, 11) is -2.78. The Morgan fingerprint density at radius 2 is 1.62 bits per heavy atom. The Balaban J connectivity index is 1.97. The van der Waals surface area contributed by atoms with Gasteiger partial charge in [0.05, 0.1) is 12.0 Å². The van der Waals surface area contributed by atoms with Crippen LogP contribution >= 0.6 is 0 Å². The number of anilines is 2. The van der Waals surface area contributed by atoms with Crippen molar-refractivity contribution >= 4 is 32.3 Å². The largest absolute Gasteiger partial charge is 0.507 e. The van der Waals surface area contributed by atoms with Crippen LogP contribution in [0.15, 0.2) is 59.5 Å². The quantitative estimate of drug-likeness (QED) is 0.626. The molecule has 0 amide bonds. The molecule has 0 radical (unpaired) electrons. The zero-order chi connectivity index (χ0) is 17.3. The molecule has 0 fully saturated rings. The van der Waals surface area contributed by atoms with E-state index < -0.39 is 10.1 Å². The standard InChI is InChI=1S/C17H15NO5S/c1-23-14-6-4-12(5-7-14)18-13-3-2-11-8-15(24(20,21)22)10-17(19)16(11)9-13/h2-10,18-19H,1H3,(H,20,21,22). The molecule has 3 rings (SSSR count). The third kappa shape index (κ3) is 3.27. The molecule has 0 saturated carbocycles. The number of nitrogens with one attached hydrogen (secondary N) is 1. The summed E-state index contributed by atoms with van der Waals surface area (Å²) in [6.45, 7) is 0. The highest BCUT2D eigenvalue weighted by molar-refractivity contribution is 7.85. The van der Waals surface area contributed by atoms with Crippen molar-refractivity contribution < 1.29 is 22.8 Å². The first-order valence-corrected chi connectivity index (χ1v) is 8.46. The number of fused-ring (bicyclic) bond motifs is 1. The Bertz CT molecular complexity index is 997. The average Bonchev–Trinajstić information content (AvgIpc) is 2.55. The van der Waals surface area contributed by atoms with Crippen molar-refractivity contribution in [3.63, 3.8) is 0 Å². The highest BCUT2D eigenvalue weighted by atomic mass is 32.2. The molecule has 0 unspecified atom stereocenters. The minimum Gasteiger partial charge on any atom is -0.507 e. The maximum absolute atomic E-state index is 11.2. The number of benzene rings is 3. The zero-order valence-electron chi connectivity index (χ0n) is 12.7. The first-order valence-electron chi connectivity index (χ1n) is 7.02. The molecule has 3 aromatic rings. The Hall–Kier alpha value is -2.77. The lowest BCUT2D eigenvalue weighted by Gasteiger charge is -2.10. The van der Waals surface area contributed by atoms with Crippen LogP contribution in [0.5, 0.6) is 11.5 Å². The summed E-state index contributed by atoms with van der Waals surface area (Å²) in [5, 5.41) is 14.2. The third-order valence-electron chi connectivity index (χ3n) is 3.58. The van der Waals surface area contributed by atoms with Crippen molar-refractivity contribution in [1.82, 2.24) is 0 Å². The molecule has 6 nitrogen and oxygen atoms in total. The number of hydrogen-bond acceptors (Lipinski definition) is 5. The van der Waals surface area contributed by atoms with Gasteiger partial charge in [0.15, 0.2) is 0 Å². The van der Waals surface area contributed by atoms with Crippen LogP contribution in [0.25, 0.3) is 10.8 Å². The molecular formula is C17H15NO5S. The van der Waals surface area contributed by atoms with Crippen molar-refractivity contribution in [3.05, 3.63) is 54.6 Å². The van der Waals surface area contributed by atoms with Gasteiger partial charge >= 0.3 is 0 Å². The SMILES string of the molecule is COc1ccc(Nc2ccc3cc(S(=O)(=O)O)cc(O)c3c2)cc1. The topological polar surface area (TPSA) is 95.9 Å². The number of ether oxygens (including phenoxy) is 1. The van der Waals surface area contributed by atoms with Crippen LogP contribution in [0.4, 0.5) is 11.4 Å². The first kappa shape index (κ1) is 16.1. The lowest BCUT2D eigenvalue weighted by molar-refractivity contribution is 0.415. The fourth-order valence-corrected chi connectivity index (χ4v) is 2.92. The summed E-state index contributed by atoms with van der Waals surface area (Å²) in [5.41, 5.74) is 1.56. The second-order valence-corrected chi connectivity index (χ2v) is 6.63. The van der Waals surface area contributed by atoms with E-state index in [4.69, 9.17) is 9.29 Å². The molecule has 3 N–H and O–H groups in total. The molecule has 0 heterocycles. The second-order valence-electron chi connectivity index (χ2n) is 5.21. The minimum absolute atomic E-state index is 0.224. The Kier molecular flexibility index (Phi) is 4.04. The molecule has 3 aromatic carbocycles. The molecule has 0 saturated heterocycles. The van der Waals surface area contributed by atoms with Gasteiger partial charge in [0.2, 0.25) is 0 Å². The van der Waals surface area contributed by atoms with E-state index in [0.717, 1.165) is 23.2 Å². The van der Waals surface area contributed by atoms with Crippen molar-refractivity contribution in [2.45, 2.75) is 4.90 Å². The van der Waals surface area contributed by atoms with Gasteiger partial charge in [-0.1, -0.05) is 6.07 Å². The van der Waals surface area contributed by atoms with Crippen LogP contribution in [0.1, 0.15) is 0 Å². The molecule has 0 spiro atoms. The van der Waals surface area contributed by atoms with Gasteiger partial charge < -0.3 is 15.2 Å². The van der Waals surface area contributed by atoms with Gasteiger partial charge in [-0.25, -0.2) is 0 Å². The molecule has 0 aromatic heterocycles. The monoisotopic (exact) mass is 345 g/mol. The predicted molar refractivity (Wildman–Crippen MR) is 91.7 cm³/mol. The average molecular weight is 345 g/mol. The molecule has 0 aliphatic heterocycles. The highest BCUT2D eigenvalue weighted by Gasteiger charge is 2.13. The molecule has 7 heteroatoms. The van der Waals surface area contributed by atoms with E-state index in [1.165, 1.54) is 6.07 Å². The maximum atomic E-state index is 11.2. The summed E-state index contributed by atoms with van der Waals surface area (Å²) < 4.78 is 36.6. The summed E-state index contributed by atoms with van der Waals surface area (Å²) in [4.78, 5) is -0.344. The Morgan fingerprint density at radius 3 is 2.25 bits per heavy atom. The van der Waals surface area contributed by atoms with Crippen LogP contribution in [-0.4, -0.2) is 25.2 Å².